The predicted molar refractivity (Wildman–Crippen MR) is 78.3 cm³/mol. The zero-order valence-corrected chi connectivity index (χ0v) is 12.0. The van der Waals surface area contributed by atoms with Crippen LogP contribution in [-0.2, 0) is 10.2 Å². The number of carbonyl (C=O) groups is 1. The summed E-state index contributed by atoms with van der Waals surface area (Å²) in [7, 11) is 2.05. The van der Waals surface area contributed by atoms with Gasteiger partial charge in [0.1, 0.15) is 6.29 Å². The van der Waals surface area contributed by atoms with Gasteiger partial charge in [0, 0.05) is 13.2 Å². The summed E-state index contributed by atoms with van der Waals surface area (Å²) < 4.78 is 0. The van der Waals surface area contributed by atoms with E-state index in [1.165, 1.54) is 0 Å². The molecule has 0 spiro atoms. The van der Waals surface area contributed by atoms with Crippen molar-refractivity contribution < 1.29 is 9.90 Å². The van der Waals surface area contributed by atoms with Gasteiger partial charge in [0.2, 0.25) is 0 Å². The van der Waals surface area contributed by atoms with E-state index in [0.29, 0.717) is 0 Å². The van der Waals surface area contributed by atoms with Gasteiger partial charge in [-0.15, -0.1) is 0 Å². The summed E-state index contributed by atoms with van der Waals surface area (Å²) >= 11 is 0. The number of aliphatic hydroxyl groups is 1. The average Bonchev–Trinajstić information content (AvgIpc) is 2.44. The fraction of sp³-hybridized carbons (Fsp3) is 0.562. The van der Waals surface area contributed by atoms with E-state index in [-0.39, 0.29) is 6.61 Å². The highest BCUT2D eigenvalue weighted by molar-refractivity contribution is 5.68. The van der Waals surface area contributed by atoms with Crippen molar-refractivity contribution in [3.05, 3.63) is 35.9 Å². The van der Waals surface area contributed by atoms with E-state index in [1.807, 2.05) is 44.3 Å². The number of aliphatic hydroxyl groups excluding tert-OH is 1. The third kappa shape index (κ3) is 5.13. The fourth-order valence-corrected chi connectivity index (χ4v) is 2.33. The largest absolute Gasteiger partial charge is 0.396 e. The Morgan fingerprint density at radius 2 is 1.89 bits per heavy atom. The van der Waals surface area contributed by atoms with Crippen LogP contribution in [0.4, 0.5) is 0 Å². The summed E-state index contributed by atoms with van der Waals surface area (Å²) in [5, 5.41) is 8.74. The fourth-order valence-electron chi connectivity index (χ4n) is 2.33. The van der Waals surface area contributed by atoms with Gasteiger partial charge >= 0.3 is 0 Å². The molecule has 1 N–H and O–H groups in total. The molecule has 0 heterocycles. The number of nitrogens with zero attached hydrogens (tertiary/aromatic N) is 1. The maximum atomic E-state index is 11.5. The molecule has 0 aliphatic rings. The molecule has 0 aliphatic heterocycles. The van der Waals surface area contributed by atoms with Gasteiger partial charge in [-0.05, 0) is 45.3 Å². The molecule has 1 atom stereocenters. The second-order valence-electron chi connectivity index (χ2n) is 5.42. The highest BCUT2D eigenvalue weighted by Gasteiger charge is 2.27. The van der Waals surface area contributed by atoms with Crippen LogP contribution in [0, 0.1) is 0 Å². The number of hydrogen-bond donors (Lipinski definition) is 1. The molecule has 0 saturated carbocycles. The summed E-state index contributed by atoms with van der Waals surface area (Å²) in [4.78, 5) is 13.7. The molecule has 0 radical (unpaired) electrons. The molecule has 0 amide bonds. The molecule has 1 aromatic rings. The van der Waals surface area contributed by atoms with Gasteiger partial charge in [-0.25, -0.2) is 0 Å². The lowest BCUT2D eigenvalue weighted by Gasteiger charge is -2.29. The summed E-state index contributed by atoms with van der Waals surface area (Å²) in [6, 6.07) is 9.92. The Balaban J connectivity index is 2.54. The first-order valence-electron chi connectivity index (χ1n) is 6.93. The number of unbranched alkanes of at least 4 members (excludes halogenated alkanes) is 2. The number of carbonyl (C=O) groups excluding carboxylic acids is 1. The number of benzene rings is 1. The Labute approximate surface area is 116 Å². The molecule has 0 aliphatic carbocycles. The molecular formula is C16H25NO2. The van der Waals surface area contributed by atoms with Crippen LogP contribution in [0.2, 0.25) is 0 Å². The molecule has 0 fully saturated rings. The van der Waals surface area contributed by atoms with Crippen molar-refractivity contribution >= 4 is 6.29 Å². The van der Waals surface area contributed by atoms with E-state index in [2.05, 4.69) is 4.90 Å². The Morgan fingerprint density at radius 3 is 2.47 bits per heavy atom. The van der Waals surface area contributed by atoms with Gasteiger partial charge < -0.3 is 14.8 Å². The molecule has 106 valence electrons. The first-order valence-corrected chi connectivity index (χ1v) is 6.93. The van der Waals surface area contributed by atoms with Gasteiger partial charge in [-0.2, -0.15) is 0 Å². The third-order valence-electron chi connectivity index (χ3n) is 3.49. The molecule has 1 unspecified atom stereocenters. The van der Waals surface area contributed by atoms with Gasteiger partial charge in [0.15, 0.2) is 0 Å². The van der Waals surface area contributed by atoms with Crippen LogP contribution < -0.4 is 0 Å². The van der Waals surface area contributed by atoms with E-state index in [0.717, 1.165) is 44.2 Å². The Hall–Kier alpha value is -1.19. The minimum absolute atomic E-state index is 0.264. The first kappa shape index (κ1) is 15.9. The van der Waals surface area contributed by atoms with Gasteiger partial charge in [-0.3, -0.25) is 0 Å². The Morgan fingerprint density at radius 1 is 1.21 bits per heavy atom. The lowest BCUT2D eigenvalue weighted by atomic mass is 9.83. The monoisotopic (exact) mass is 263 g/mol. The summed E-state index contributed by atoms with van der Waals surface area (Å²) in [6.07, 6.45) is 3.99. The maximum absolute atomic E-state index is 11.5. The molecule has 3 nitrogen and oxygen atoms in total. The van der Waals surface area contributed by atoms with Crippen LogP contribution in [-0.4, -0.2) is 43.0 Å². The van der Waals surface area contributed by atoms with Crippen molar-refractivity contribution in [3.63, 3.8) is 0 Å². The topological polar surface area (TPSA) is 40.5 Å². The van der Waals surface area contributed by atoms with Gasteiger partial charge in [0.25, 0.3) is 0 Å². The second kappa shape index (κ2) is 8.08. The minimum atomic E-state index is -0.451. The third-order valence-corrected chi connectivity index (χ3v) is 3.49. The van der Waals surface area contributed by atoms with Crippen LogP contribution in [0.3, 0.4) is 0 Å². The van der Waals surface area contributed by atoms with Crippen molar-refractivity contribution in [3.8, 4) is 0 Å². The number of aldehydes is 1. The van der Waals surface area contributed by atoms with Gasteiger partial charge in [0.05, 0.1) is 5.41 Å². The molecule has 1 aromatic carbocycles. The molecule has 3 heteroatoms. The van der Waals surface area contributed by atoms with E-state index < -0.39 is 5.41 Å². The first-order chi connectivity index (χ1) is 9.12. The van der Waals surface area contributed by atoms with Crippen molar-refractivity contribution in [2.24, 2.45) is 0 Å². The zero-order chi connectivity index (χ0) is 14.1. The summed E-state index contributed by atoms with van der Waals surface area (Å²) in [6.45, 7) is 3.93. The summed E-state index contributed by atoms with van der Waals surface area (Å²) in [5.41, 5.74) is 0.611. The van der Waals surface area contributed by atoms with Crippen molar-refractivity contribution in [2.45, 2.75) is 31.6 Å². The highest BCUT2D eigenvalue weighted by atomic mass is 16.2. The Kier molecular flexibility index (Phi) is 6.74. The maximum Gasteiger partial charge on any atom is 0.131 e. The molecule has 19 heavy (non-hydrogen) atoms. The second-order valence-corrected chi connectivity index (χ2v) is 5.42. The van der Waals surface area contributed by atoms with E-state index in [4.69, 9.17) is 5.11 Å². The van der Waals surface area contributed by atoms with Crippen LogP contribution >= 0.6 is 0 Å². The Bertz CT molecular complexity index is 366. The quantitative estimate of drug-likeness (QED) is 0.549. The molecule has 1 rings (SSSR count). The van der Waals surface area contributed by atoms with E-state index in [1.54, 1.807) is 0 Å². The number of rotatable bonds is 9. The highest BCUT2D eigenvalue weighted by Crippen LogP contribution is 2.22. The van der Waals surface area contributed by atoms with Crippen LogP contribution in [0.15, 0.2) is 30.3 Å². The van der Waals surface area contributed by atoms with E-state index >= 15 is 0 Å². The van der Waals surface area contributed by atoms with Crippen LogP contribution in [0.1, 0.15) is 31.7 Å². The lowest BCUT2D eigenvalue weighted by Crippen LogP contribution is -2.38. The van der Waals surface area contributed by atoms with E-state index in [9.17, 15) is 4.79 Å². The van der Waals surface area contributed by atoms with Crippen molar-refractivity contribution in [2.75, 3.05) is 26.7 Å². The molecular weight excluding hydrogens is 238 g/mol. The summed E-state index contributed by atoms with van der Waals surface area (Å²) in [5.74, 6) is 0. The van der Waals surface area contributed by atoms with Crippen molar-refractivity contribution in [1.29, 1.82) is 0 Å². The average molecular weight is 263 g/mol. The normalized spacial score (nSPS) is 14.3. The van der Waals surface area contributed by atoms with Crippen molar-refractivity contribution in [1.82, 2.24) is 4.90 Å². The molecule has 0 aromatic heterocycles. The smallest absolute Gasteiger partial charge is 0.131 e. The van der Waals surface area contributed by atoms with Crippen LogP contribution in [0.5, 0.6) is 0 Å². The molecule has 0 bridgehead atoms. The SMILES string of the molecule is CN(CCCCCO)CC(C)(C=O)c1ccccc1. The number of likely N-dealkylation sites (N-methyl/N-ethyl adjacent to an activating group) is 1. The predicted octanol–water partition coefficient (Wildman–Crippen LogP) is 2.24. The molecule has 0 saturated heterocycles. The zero-order valence-electron chi connectivity index (χ0n) is 12.0. The standard InChI is InChI=1S/C16H25NO2/c1-16(14-19,15-9-5-3-6-10-15)13-17(2)11-7-4-8-12-18/h3,5-6,9-10,14,18H,4,7-8,11-13H2,1-2H3. The lowest BCUT2D eigenvalue weighted by molar-refractivity contribution is -0.112. The number of hydrogen-bond acceptors (Lipinski definition) is 3. The van der Waals surface area contributed by atoms with Crippen LogP contribution in [0.25, 0.3) is 0 Å². The minimum Gasteiger partial charge on any atom is -0.396 e. The van der Waals surface area contributed by atoms with Gasteiger partial charge in [-0.1, -0.05) is 30.3 Å².